The quantitative estimate of drug-likeness (QED) is 0.470. The molecule has 0 aliphatic heterocycles. The van der Waals surface area contributed by atoms with E-state index in [1.807, 2.05) is 37.3 Å². The molecule has 1 aromatic rings. The van der Waals surface area contributed by atoms with E-state index in [1.54, 1.807) is 0 Å². The van der Waals surface area contributed by atoms with Crippen LogP contribution in [0.3, 0.4) is 0 Å². The fourth-order valence-electron chi connectivity index (χ4n) is 2.17. The first-order valence-electron chi connectivity index (χ1n) is 8.10. The number of halogens is 1. The third-order valence-electron chi connectivity index (χ3n) is 3.59. The third-order valence-corrected chi connectivity index (χ3v) is 3.59. The Morgan fingerprint density at radius 3 is 2.36 bits per heavy atom. The van der Waals surface area contributed by atoms with Crippen molar-refractivity contribution >= 4 is 30.1 Å². The lowest BCUT2D eigenvalue weighted by Gasteiger charge is -2.16. The molecule has 1 aromatic carbocycles. The van der Waals surface area contributed by atoms with Crippen LogP contribution in [0.25, 0.3) is 0 Å². The van der Waals surface area contributed by atoms with Gasteiger partial charge in [0.05, 0.1) is 12.6 Å². The molecule has 2 atom stereocenters. The van der Waals surface area contributed by atoms with Crippen LogP contribution in [0.1, 0.15) is 31.7 Å². The number of hydrogen-bond donors (Lipinski definition) is 4. The number of rotatable bonds is 10. The molecule has 0 saturated carbocycles. The zero-order chi connectivity index (χ0) is 17.9. The monoisotopic (exact) mass is 370 g/mol. The van der Waals surface area contributed by atoms with Gasteiger partial charge >= 0.3 is 0 Å². The molecular weight excluding hydrogens is 344 g/mol. The number of nitrogens with one attached hydrogen (secondary N) is 2. The van der Waals surface area contributed by atoms with E-state index in [0.29, 0.717) is 12.8 Å². The SMILES string of the molecule is CCCC[C@@H](N)C(=O)NCC(=O)N[C@@H](Cc1ccccc1)C(N)=O.Cl. The van der Waals surface area contributed by atoms with Crippen molar-refractivity contribution in [1.82, 2.24) is 10.6 Å². The van der Waals surface area contributed by atoms with Gasteiger partial charge in [-0.1, -0.05) is 50.1 Å². The standard InChI is InChI=1S/C17H26N4O3.ClH/c1-2-3-9-13(18)17(24)20-11-15(22)21-14(16(19)23)10-12-7-5-4-6-8-12;/h4-8,13-14H,2-3,9-11,18H2,1H3,(H2,19,23)(H,20,24)(H,21,22);1H/t13-,14+;/m1./s1. The van der Waals surface area contributed by atoms with E-state index in [-0.39, 0.29) is 24.9 Å². The molecule has 1 rings (SSSR count). The van der Waals surface area contributed by atoms with Crippen LogP contribution in [0.2, 0.25) is 0 Å². The Morgan fingerprint density at radius 1 is 1.16 bits per heavy atom. The number of hydrogen-bond acceptors (Lipinski definition) is 4. The zero-order valence-corrected chi connectivity index (χ0v) is 15.2. The first-order chi connectivity index (χ1) is 11.4. The Labute approximate surface area is 154 Å². The van der Waals surface area contributed by atoms with Crippen molar-refractivity contribution in [2.45, 2.75) is 44.7 Å². The molecule has 0 fully saturated rings. The van der Waals surface area contributed by atoms with Gasteiger partial charge in [0, 0.05) is 6.42 Å². The van der Waals surface area contributed by atoms with E-state index < -0.39 is 23.9 Å². The average molecular weight is 371 g/mol. The van der Waals surface area contributed by atoms with E-state index in [9.17, 15) is 14.4 Å². The van der Waals surface area contributed by atoms with Gasteiger partial charge in [-0.05, 0) is 12.0 Å². The maximum atomic E-state index is 11.9. The Kier molecular flexibility index (Phi) is 11.2. The van der Waals surface area contributed by atoms with Gasteiger partial charge in [-0.3, -0.25) is 14.4 Å². The van der Waals surface area contributed by atoms with E-state index in [2.05, 4.69) is 10.6 Å². The molecule has 0 heterocycles. The summed E-state index contributed by atoms with van der Waals surface area (Å²) in [5.41, 5.74) is 11.9. The zero-order valence-electron chi connectivity index (χ0n) is 14.4. The first-order valence-corrected chi connectivity index (χ1v) is 8.10. The van der Waals surface area contributed by atoms with Crippen molar-refractivity contribution < 1.29 is 14.4 Å². The predicted molar refractivity (Wildman–Crippen MR) is 99.0 cm³/mol. The van der Waals surface area contributed by atoms with Gasteiger partial charge in [-0.25, -0.2) is 0 Å². The van der Waals surface area contributed by atoms with Crippen LogP contribution < -0.4 is 22.1 Å². The lowest BCUT2D eigenvalue weighted by molar-refractivity contribution is -0.129. The minimum atomic E-state index is -0.828. The fourth-order valence-corrected chi connectivity index (χ4v) is 2.17. The smallest absolute Gasteiger partial charge is 0.240 e. The van der Waals surface area contributed by atoms with E-state index in [4.69, 9.17) is 11.5 Å². The van der Waals surface area contributed by atoms with Gasteiger partial charge in [-0.15, -0.1) is 12.4 Å². The molecule has 25 heavy (non-hydrogen) atoms. The van der Waals surface area contributed by atoms with Crippen molar-refractivity contribution in [3.8, 4) is 0 Å². The van der Waals surface area contributed by atoms with Crippen LogP contribution >= 0.6 is 12.4 Å². The molecule has 3 amide bonds. The normalized spacial score (nSPS) is 12.4. The average Bonchev–Trinajstić information content (AvgIpc) is 2.57. The van der Waals surface area contributed by atoms with Gasteiger partial charge in [0.2, 0.25) is 17.7 Å². The van der Waals surface area contributed by atoms with Crippen molar-refractivity contribution in [3.63, 3.8) is 0 Å². The molecule has 0 aliphatic rings. The highest BCUT2D eigenvalue weighted by Crippen LogP contribution is 2.03. The molecule has 6 N–H and O–H groups in total. The van der Waals surface area contributed by atoms with Crippen LogP contribution in [-0.4, -0.2) is 36.3 Å². The van der Waals surface area contributed by atoms with Crippen molar-refractivity contribution in [3.05, 3.63) is 35.9 Å². The number of unbranched alkanes of at least 4 members (excludes halogenated alkanes) is 1. The topological polar surface area (TPSA) is 127 Å². The molecule has 0 aromatic heterocycles. The Balaban J connectivity index is 0.00000576. The number of carbonyl (C=O) groups is 3. The largest absolute Gasteiger partial charge is 0.368 e. The molecular formula is C17H27ClN4O3. The van der Waals surface area contributed by atoms with Gasteiger partial charge < -0.3 is 22.1 Å². The highest BCUT2D eigenvalue weighted by atomic mass is 35.5. The number of benzene rings is 1. The second-order valence-corrected chi connectivity index (χ2v) is 5.68. The number of nitrogens with two attached hydrogens (primary N) is 2. The third kappa shape index (κ3) is 9.07. The van der Waals surface area contributed by atoms with Gasteiger partial charge in [-0.2, -0.15) is 0 Å². The highest BCUT2D eigenvalue weighted by Gasteiger charge is 2.19. The fraction of sp³-hybridized carbons (Fsp3) is 0.471. The minimum absolute atomic E-state index is 0. The highest BCUT2D eigenvalue weighted by molar-refractivity contribution is 5.90. The minimum Gasteiger partial charge on any atom is -0.368 e. The van der Waals surface area contributed by atoms with Crippen LogP contribution in [0.15, 0.2) is 30.3 Å². The van der Waals surface area contributed by atoms with Crippen LogP contribution in [0.5, 0.6) is 0 Å². The molecule has 7 nitrogen and oxygen atoms in total. The van der Waals surface area contributed by atoms with Gasteiger partial charge in [0.25, 0.3) is 0 Å². The number of carbonyl (C=O) groups excluding carboxylic acids is 3. The van der Waals surface area contributed by atoms with E-state index in [1.165, 1.54) is 0 Å². The molecule has 0 aliphatic carbocycles. The molecule has 0 unspecified atom stereocenters. The summed E-state index contributed by atoms with van der Waals surface area (Å²) >= 11 is 0. The summed E-state index contributed by atoms with van der Waals surface area (Å²) in [6.07, 6.45) is 2.66. The summed E-state index contributed by atoms with van der Waals surface area (Å²) in [5, 5.41) is 5.00. The maximum Gasteiger partial charge on any atom is 0.240 e. The lowest BCUT2D eigenvalue weighted by Crippen LogP contribution is -2.50. The van der Waals surface area contributed by atoms with Crippen LogP contribution in [0.4, 0.5) is 0 Å². The van der Waals surface area contributed by atoms with Gasteiger partial charge in [0.15, 0.2) is 0 Å². The van der Waals surface area contributed by atoms with Crippen LogP contribution in [-0.2, 0) is 20.8 Å². The number of amides is 3. The van der Waals surface area contributed by atoms with Crippen molar-refractivity contribution in [1.29, 1.82) is 0 Å². The molecule has 140 valence electrons. The second kappa shape index (κ2) is 12.3. The maximum absolute atomic E-state index is 11.9. The Hall–Kier alpha value is -2.12. The Morgan fingerprint density at radius 2 is 1.80 bits per heavy atom. The van der Waals surface area contributed by atoms with Crippen molar-refractivity contribution in [2.75, 3.05) is 6.54 Å². The second-order valence-electron chi connectivity index (χ2n) is 5.68. The summed E-state index contributed by atoms with van der Waals surface area (Å²) in [6, 6.07) is 7.77. The predicted octanol–water partition coefficient (Wildman–Crippen LogP) is 0.255. The number of primary amides is 1. The molecule has 8 heteroatoms. The lowest BCUT2D eigenvalue weighted by atomic mass is 10.1. The first kappa shape index (κ1) is 22.9. The molecule has 0 spiro atoms. The molecule has 0 bridgehead atoms. The van der Waals surface area contributed by atoms with Crippen LogP contribution in [0, 0.1) is 0 Å². The van der Waals surface area contributed by atoms with E-state index in [0.717, 1.165) is 18.4 Å². The summed E-state index contributed by atoms with van der Waals surface area (Å²) < 4.78 is 0. The van der Waals surface area contributed by atoms with E-state index >= 15 is 0 Å². The molecule has 0 radical (unpaired) electrons. The van der Waals surface area contributed by atoms with Gasteiger partial charge in [0.1, 0.15) is 6.04 Å². The summed E-state index contributed by atoms with van der Waals surface area (Å²) in [6.45, 7) is 1.77. The summed E-state index contributed by atoms with van der Waals surface area (Å²) in [4.78, 5) is 35.2. The summed E-state index contributed by atoms with van der Waals surface area (Å²) in [5.74, 6) is -1.48. The Bertz CT molecular complexity index is 554. The summed E-state index contributed by atoms with van der Waals surface area (Å²) in [7, 11) is 0. The molecule has 0 saturated heterocycles. The van der Waals surface area contributed by atoms with Crippen molar-refractivity contribution in [2.24, 2.45) is 11.5 Å².